The molecule has 0 bridgehead atoms. The third-order valence-electron chi connectivity index (χ3n) is 3.02. The largest absolute Gasteiger partial charge is 0.478 e. The predicted molar refractivity (Wildman–Crippen MR) is 71.8 cm³/mol. The molecule has 0 aliphatic carbocycles. The van der Waals surface area contributed by atoms with Gasteiger partial charge in [-0.05, 0) is 24.6 Å². The Morgan fingerprint density at radius 2 is 2.39 bits per heavy atom. The predicted octanol–water partition coefficient (Wildman–Crippen LogP) is 2.37. The van der Waals surface area contributed by atoms with E-state index >= 15 is 0 Å². The van der Waals surface area contributed by atoms with Crippen LogP contribution in [-0.4, -0.2) is 41.8 Å². The normalized spacial score (nSPS) is 20.9. The van der Waals surface area contributed by atoms with Crippen LogP contribution in [0.25, 0.3) is 0 Å². The number of morpholine rings is 1. The van der Waals surface area contributed by atoms with Gasteiger partial charge in [0.15, 0.2) is 0 Å². The molecule has 2 rings (SSSR count). The van der Waals surface area contributed by atoms with E-state index in [0.29, 0.717) is 5.56 Å². The highest BCUT2D eigenvalue weighted by molar-refractivity contribution is 9.10. The zero-order valence-corrected chi connectivity index (χ0v) is 11.8. The Labute approximate surface area is 115 Å². The molecule has 0 saturated carbocycles. The Balaban J connectivity index is 2.07. The lowest BCUT2D eigenvalue weighted by atomic mass is 10.1. The van der Waals surface area contributed by atoms with Gasteiger partial charge in [-0.3, -0.25) is 4.90 Å². The Morgan fingerprint density at radius 1 is 1.61 bits per heavy atom. The highest BCUT2D eigenvalue weighted by Crippen LogP contribution is 2.21. The van der Waals surface area contributed by atoms with Crippen LogP contribution in [-0.2, 0) is 11.3 Å². The van der Waals surface area contributed by atoms with E-state index in [1.54, 1.807) is 12.1 Å². The molecule has 18 heavy (non-hydrogen) atoms. The number of rotatable bonds is 3. The van der Waals surface area contributed by atoms with E-state index in [1.165, 1.54) is 0 Å². The molecule has 0 amide bonds. The van der Waals surface area contributed by atoms with Crippen molar-refractivity contribution in [3.63, 3.8) is 0 Å². The summed E-state index contributed by atoms with van der Waals surface area (Å²) in [6, 6.07) is 5.17. The monoisotopic (exact) mass is 313 g/mol. The summed E-state index contributed by atoms with van der Waals surface area (Å²) in [5.41, 5.74) is 1.41. The van der Waals surface area contributed by atoms with Gasteiger partial charge in [0.25, 0.3) is 0 Å². The van der Waals surface area contributed by atoms with Crippen molar-refractivity contribution in [3.8, 4) is 0 Å². The van der Waals surface area contributed by atoms with Crippen molar-refractivity contribution >= 4 is 21.9 Å². The van der Waals surface area contributed by atoms with Crippen molar-refractivity contribution in [2.75, 3.05) is 19.7 Å². The fourth-order valence-corrected chi connectivity index (χ4v) is 2.59. The summed E-state index contributed by atoms with van der Waals surface area (Å²) in [6.45, 7) is 5.46. The molecule has 1 heterocycles. The summed E-state index contributed by atoms with van der Waals surface area (Å²) in [5, 5.41) is 8.91. The van der Waals surface area contributed by atoms with Gasteiger partial charge in [0.1, 0.15) is 0 Å². The Hall–Kier alpha value is -0.910. The fraction of sp³-hybridized carbons (Fsp3) is 0.462. The molecule has 1 aromatic rings. The number of carbonyl (C=O) groups is 1. The molecule has 0 spiro atoms. The molecule has 5 heteroatoms. The number of aromatic carboxylic acids is 1. The van der Waals surface area contributed by atoms with E-state index in [-0.39, 0.29) is 6.10 Å². The minimum atomic E-state index is -0.901. The second kappa shape index (κ2) is 5.82. The van der Waals surface area contributed by atoms with E-state index in [2.05, 4.69) is 27.8 Å². The Kier molecular flexibility index (Phi) is 4.37. The second-order valence-corrected chi connectivity index (χ2v) is 5.38. The van der Waals surface area contributed by atoms with Gasteiger partial charge < -0.3 is 9.84 Å². The molecule has 0 radical (unpaired) electrons. The van der Waals surface area contributed by atoms with Crippen LogP contribution >= 0.6 is 15.9 Å². The molecule has 98 valence electrons. The highest BCUT2D eigenvalue weighted by Gasteiger charge is 2.17. The van der Waals surface area contributed by atoms with Crippen LogP contribution in [0.15, 0.2) is 22.7 Å². The molecule has 4 nitrogen and oxygen atoms in total. The number of ether oxygens (including phenoxy) is 1. The molecule has 0 aromatic heterocycles. The molecule has 1 atom stereocenters. The van der Waals surface area contributed by atoms with E-state index < -0.39 is 5.97 Å². The van der Waals surface area contributed by atoms with Gasteiger partial charge >= 0.3 is 5.97 Å². The Bertz CT molecular complexity index is 450. The average molecular weight is 314 g/mol. The summed E-state index contributed by atoms with van der Waals surface area (Å²) < 4.78 is 6.34. The van der Waals surface area contributed by atoms with Crippen molar-refractivity contribution < 1.29 is 14.6 Å². The summed E-state index contributed by atoms with van der Waals surface area (Å²) in [7, 11) is 0. The van der Waals surface area contributed by atoms with Gasteiger partial charge in [0.2, 0.25) is 0 Å². The van der Waals surface area contributed by atoms with Crippen molar-refractivity contribution in [3.05, 3.63) is 33.8 Å². The van der Waals surface area contributed by atoms with E-state index in [0.717, 1.165) is 36.3 Å². The summed E-state index contributed by atoms with van der Waals surface area (Å²) in [6.07, 6.45) is 0.260. The standard InChI is InChI=1S/C13H16BrNO3/c1-9-7-15(4-5-18-9)8-11-3-2-10(13(16)17)6-12(11)14/h2-3,6,9H,4-5,7-8H2,1H3,(H,16,17). The topological polar surface area (TPSA) is 49.8 Å². The van der Waals surface area contributed by atoms with Crippen molar-refractivity contribution in [2.45, 2.75) is 19.6 Å². The summed E-state index contributed by atoms with van der Waals surface area (Å²) >= 11 is 3.44. The van der Waals surface area contributed by atoms with Crippen molar-refractivity contribution in [1.82, 2.24) is 4.90 Å². The minimum Gasteiger partial charge on any atom is -0.478 e. The number of nitrogens with zero attached hydrogens (tertiary/aromatic N) is 1. The molecular formula is C13H16BrNO3. The lowest BCUT2D eigenvalue weighted by Gasteiger charge is -2.31. The number of hydrogen-bond donors (Lipinski definition) is 1. The summed E-state index contributed by atoms with van der Waals surface area (Å²) in [5.74, 6) is -0.901. The highest BCUT2D eigenvalue weighted by atomic mass is 79.9. The smallest absolute Gasteiger partial charge is 0.335 e. The first kappa shape index (κ1) is 13.5. The zero-order chi connectivity index (χ0) is 13.1. The van der Waals surface area contributed by atoms with Gasteiger partial charge in [0.05, 0.1) is 18.3 Å². The summed E-state index contributed by atoms with van der Waals surface area (Å²) in [4.78, 5) is 13.2. The quantitative estimate of drug-likeness (QED) is 0.930. The van der Waals surface area contributed by atoms with Crippen LogP contribution in [0.4, 0.5) is 0 Å². The Morgan fingerprint density at radius 3 is 3.00 bits per heavy atom. The number of hydrogen-bond acceptors (Lipinski definition) is 3. The molecule has 1 aromatic carbocycles. The van der Waals surface area contributed by atoms with E-state index in [1.807, 2.05) is 6.07 Å². The van der Waals surface area contributed by atoms with Crippen LogP contribution in [0.1, 0.15) is 22.8 Å². The molecule has 1 saturated heterocycles. The average Bonchev–Trinajstić information content (AvgIpc) is 2.31. The van der Waals surface area contributed by atoms with Crippen LogP contribution in [0.2, 0.25) is 0 Å². The maximum Gasteiger partial charge on any atom is 0.335 e. The van der Waals surface area contributed by atoms with Crippen molar-refractivity contribution in [1.29, 1.82) is 0 Å². The maximum absolute atomic E-state index is 10.8. The van der Waals surface area contributed by atoms with Crippen LogP contribution in [0, 0.1) is 0 Å². The van der Waals surface area contributed by atoms with Gasteiger partial charge in [-0.2, -0.15) is 0 Å². The molecule has 1 aliphatic heterocycles. The third kappa shape index (κ3) is 3.31. The van der Waals surface area contributed by atoms with Gasteiger partial charge in [-0.25, -0.2) is 4.79 Å². The van der Waals surface area contributed by atoms with Gasteiger partial charge in [-0.1, -0.05) is 22.0 Å². The van der Waals surface area contributed by atoms with E-state index in [9.17, 15) is 4.79 Å². The van der Waals surface area contributed by atoms with Crippen LogP contribution in [0.5, 0.6) is 0 Å². The van der Waals surface area contributed by atoms with Gasteiger partial charge in [0, 0.05) is 24.1 Å². The van der Waals surface area contributed by atoms with Gasteiger partial charge in [-0.15, -0.1) is 0 Å². The lowest BCUT2D eigenvalue weighted by Crippen LogP contribution is -2.40. The molecular weight excluding hydrogens is 298 g/mol. The number of carboxylic acid groups (broad SMARTS) is 1. The fourth-order valence-electron chi connectivity index (χ4n) is 2.08. The van der Waals surface area contributed by atoms with E-state index in [4.69, 9.17) is 9.84 Å². The molecule has 1 aliphatic rings. The number of halogens is 1. The number of benzene rings is 1. The first-order chi connectivity index (χ1) is 8.56. The maximum atomic E-state index is 10.8. The minimum absolute atomic E-state index is 0.260. The first-order valence-electron chi connectivity index (χ1n) is 5.92. The van der Waals surface area contributed by atoms with Crippen LogP contribution < -0.4 is 0 Å². The van der Waals surface area contributed by atoms with Crippen molar-refractivity contribution in [2.24, 2.45) is 0 Å². The molecule has 1 fully saturated rings. The second-order valence-electron chi connectivity index (χ2n) is 4.53. The zero-order valence-electron chi connectivity index (χ0n) is 10.2. The van der Waals surface area contributed by atoms with Crippen LogP contribution in [0.3, 0.4) is 0 Å². The molecule has 1 unspecified atom stereocenters. The number of carboxylic acids is 1. The molecule has 1 N–H and O–H groups in total. The SMILES string of the molecule is CC1CN(Cc2ccc(C(=O)O)cc2Br)CCO1. The first-order valence-corrected chi connectivity index (χ1v) is 6.71. The third-order valence-corrected chi connectivity index (χ3v) is 3.76. The lowest BCUT2D eigenvalue weighted by molar-refractivity contribution is -0.0212.